The number of benzene rings is 1. The molecule has 150 valence electrons. The van der Waals surface area contributed by atoms with Crippen LogP contribution < -0.4 is 10.2 Å². The molecule has 7 heteroatoms. The van der Waals surface area contributed by atoms with Crippen molar-refractivity contribution in [3.63, 3.8) is 0 Å². The first kappa shape index (κ1) is 18.1. The zero-order valence-corrected chi connectivity index (χ0v) is 16.1. The predicted molar refractivity (Wildman–Crippen MR) is 104 cm³/mol. The fourth-order valence-corrected chi connectivity index (χ4v) is 3.86. The van der Waals surface area contributed by atoms with Gasteiger partial charge < -0.3 is 10.1 Å². The lowest BCUT2D eigenvalue weighted by Crippen LogP contribution is -2.37. The number of amides is 2. The summed E-state index contributed by atoms with van der Waals surface area (Å²) in [7, 11) is 0. The van der Waals surface area contributed by atoms with Crippen LogP contribution in [0.2, 0.25) is 0 Å². The molecule has 2 fully saturated rings. The fourth-order valence-electron chi connectivity index (χ4n) is 3.86. The lowest BCUT2D eigenvalue weighted by molar-refractivity contribution is 0.0939. The molecule has 3 aliphatic rings. The number of carbonyl (C=O) groups is 2. The van der Waals surface area contributed by atoms with Crippen LogP contribution in [0.1, 0.15) is 59.9 Å². The average molecular weight is 395 g/mol. The third kappa shape index (κ3) is 3.57. The zero-order valence-electron chi connectivity index (χ0n) is 16.1. The normalized spacial score (nSPS) is 22.9. The Morgan fingerprint density at radius 3 is 2.69 bits per heavy atom. The van der Waals surface area contributed by atoms with Gasteiger partial charge in [-0.15, -0.1) is 0 Å². The maximum absolute atomic E-state index is 13.1. The first-order valence-corrected chi connectivity index (χ1v) is 10.0. The molecule has 0 saturated heterocycles. The van der Waals surface area contributed by atoms with Crippen molar-refractivity contribution in [3.8, 4) is 0 Å². The molecule has 2 saturated carbocycles. The Bertz CT molecular complexity index is 974. The second-order valence-electron chi connectivity index (χ2n) is 8.14. The summed E-state index contributed by atoms with van der Waals surface area (Å²) in [6.45, 7) is 2.55. The lowest BCUT2D eigenvalue weighted by Gasteiger charge is -2.28. The molecule has 0 spiro atoms. The molecule has 1 aliphatic heterocycles. The first-order chi connectivity index (χ1) is 14.0. The van der Waals surface area contributed by atoms with Gasteiger partial charge in [-0.3, -0.25) is 14.7 Å². The molecule has 2 aliphatic carbocycles. The molecular weight excluding hydrogens is 373 g/mol. The Balaban J connectivity index is 1.34. The maximum Gasteiger partial charge on any atom is 0.414 e. The Kier molecular flexibility index (Phi) is 4.26. The van der Waals surface area contributed by atoms with Crippen LogP contribution >= 0.6 is 0 Å². The van der Waals surface area contributed by atoms with Crippen LogP contribution in [0.3, 0.4) is 0 Å². The highest BCUT2D eigenvalue weighted by Crippen LogP contribution is 2.54. The van der Waals surface area contributed by atoms with E-state index in [4.69, 9.17) is 9.72 Å². The summed E-state index contributed by atoms with van der Waals surface area (Å²) in [4.78, 5) is 31.4. The predicted octanol–water partition coefficient (Wildman–Crippen LogP) is 3.93. The van der Waals surface area contributed by atoms with Crippen LogP contribution in [-0.2, 0) is 4.74 Å². The number of anilines is 1. The molecule has 1 aromatic heterocycles. The smallest absolute Gasteiger partial charge is 0.414 e. The van der Waals surface area contributed by atoms with Crippen LogP contribution in [0.25, 0.3) is 0 Å². The molecule has 3 atom stereocenters. The number of aromatic nitrogens is 1. The standard InChI is InChI=1S/C22H22FN3O3/c1-12(24-21(27)13-2-4-15(23)5-3-13)18-8-9-19-20(25-18)17-10-14(17)11-26(19)22(28)29-16-6-7-16/h2-5,8-9,12,14,16-17H,6-7,10-11H2,1H3,(H,24,27)/t12-,14+,17?/m0/s1. The van der Waals surface area contributed by atoms with Crippen LogP contribution in [0.4, 0.5) is 14.9 Å². The minimum atomic E-state index is -0.380. The van der Waals surface area contributed by atoms with Crippen LogP contribution in [0.15, 0.2) is 36.4 Å². The lowest BCUT2D eigenvalue weighted by atomic mass is 10.1. The number of fused-ring (bicyclic) bond motifs is 3. The van der Waals surface area contributed by atoms with E-state index in [0.29, 0.717) is 23.9 Å². The van der Waals surface area contributed by atoms with E-state index in [-0.39, 0.29) is 30.0 Å². The monoisotopic (exact) mass is 395 g/mol. The molecule has 2 amide bonds. The molecule has 1 N–H and O–H groups in total. The summed E-state index contributed by atoms with van der Waals surface area (Å²) in [6.07, 6.45) is 2.69. The molecule has 6 nitrogen and oxygen atoms in total. The highest BCUT2D eigenvalue weighted by molar-refractivity contribution is 5.94. The van der Waals surface area contributed by atoms with Gasteiger partial charge in [0.1, 0.15) is 11.9 Å². The Hall–Kier alpha value is -2.96. The molecule has 1 aromatic carbocycles. The zero-order chi connectivity index (χ0) is 20.1. The van der Waals surface area contributed by atoms with Crippen molar-refractivity contribution >= 4 is 17.7 Å². The quantitative estimate of drug-likeness (QED) is 0.851. The highest BCUT2D eigenvalue weighted by Gasteiger charge is 2.48. The fraction of sp³-hybridized carbons (Fsp3) is 0.409. The van der Waals surface area contributed by atoms with Gasteiger partial charge in [-0.05, 0) is 68.5 Å². The van der Waals surface area contributed by atoms with Crippen molar-refractivity contribution in [1.29, 1.82) is 0 Å². The van der Waals surface area contributed by atoms with Crippen LogP contribution in [0, 0.1) is 11.7 Å². The van der Waals surface area contributed by atoms with Crippen molar-refractivity contribution in [2.75, 3.05) is 11.4 Å². The van der Waals surface area contributed by atoms with E-state index in [0.717, 1.165) is 36.3 Å². The molecule has 0 bridgehead atoms. The summed E-state index contributed by atoms with van der Waals surface area (Å²) in [5.74, 6) is 0.140. The van der Waals surface area contributed by atoms with Crippen LogP contribution in [0.5, 0.6) is 0 Å². The Labute approximate surface area is 168 Å². The summed E-state index contributed by atoms with van der Waals surface area (Å²) < 4.78 is 18.5. The van der Waals surface area contributed by atoms with Gasteiger partial charge in [0, 0.05) is 18.0 Å². The van der Waals surface area contributed by atoms with Crippen molar-refractivity contribution in [1.82, 2.24) is 10.3 Å². The van der Waals surface area contributed by atoms with Crippen molar-refractivity contribution in [2.24, 2.45) is 5.92 Å². The van der Waals surface area contributed by atoms with E-state index in [1.54, 1.807) is 4.90 Å². The van der Waals surface area contributed by atoms with Gasteiger partial charge in [0.25, 0.3) is 5.91 Å². The van der Waals surface area contributed by atoms with Gasteiger partial charge in [0.05, 0.1) is 23.1 Å². The minimum absolute atomic E-state index is 0.0665. The van der Waals surface area contributed by atoms with Gasteiger partial charge in [-0.25, -0.2) is 9.18 Å². The first-order valence-electron chi connectivity index (χ1n) is 10.0. The molecule has 5 rings (SSSR count). The Morgan fingerprint density at radius 1 is 1.21 bits per heavy atom. The molecular formula is C22H22FN3O3. The van der Waals surface area contributed by atoms with Gasteiger partial charge >= 0.3 is 6.09 Å². The summed E-state index contributed by atoms with van der Waals surface area (Å²) >= 11 is 0. The average Bonchev–Trinajstić information content (AvgIpc) is 3.62. The summed E-state index contributed by atoms with van der Waals surface area (Å²) in [5.41, 5.74) is 2.86. The number of hydrogen-bond donors (Lipinski definition) is 1. The molecule has 29 heavy (non-hydrogen) atoms. The third-order valence-corrected chi connectivity index (χ3v) is 5.82. The third-order valence-electron chi connectivity index (χ3n) is 5.82. The second-order valence-corrected chi connectivity index (χ2v) is 8.14. The molecule has 1 unspecified atom stereocenters. The SMILES string of the molecule is C[C@H](NC(=O)c1ccc(F)cc1)c1ccc2c(n1)C1C[C@@H]1CN2C(=O)OC1CC1. The number of carbonyl (C=O) groups excluding carboxylic acids is 2. The van der Waals surface area contributed by atoms with E-state index < -0.39 is 0 Å². The number of nitrogens with one attached hydrogen (secondary N) is 1. The van der Waals surface area contributed by atoms with Crippen molar-refractivity contribution in [3.05, 3.63) is 59.2 Å². The molecule has 2 aromatic rings. The summed E-state index contributed by atoms with van der Waals surface area (Å²) in [6, 6.07) is 8.86. The molecule has 2 heterocycles. The number of hydrogen-bond acceptors (Lipinski definition) is 4. The minimum Gasteiger partial charge on any atom is -0.446 e. The summed E-state index contributed by atoms with van der Waals surface area (Å²) in [5, 5.41) is 2.91. The topological polar surface area (TPSA) is 71.5 Å². The van der Waals surface area contributed by atoms with E-state index in [1.807, 2.05) is 19.1 Å². The van der Waals surface area contributed by atoms with E-state index in [1.165, 1.54) is 24.3 Å². The second kappa shape index (κ2) is 6.83. The number of pyridine rings is 1. The van der Waals surface area contributed by atoms with Gasteiger partial charge in [-0.1, -0.05) is 0 Å². The van der Waals surface area contributed by atoms with Crippen LogP contribution in [-0.4, -0.2) is 29.6 Å². The maximum atomic E-state index is 13.1. The number of nitrogens with zero attached hydrogens (tertiary/aromatic N) is 2. The van der Waals surface area contributed by atoms with Gasteiger partial charge in [0.2, 0.25) is 0 Å². The number of ether oxygens (including phenoxy) is 1. The molecule has 0 radical (unpaired) electrons. The number of rotatable bonds is 4. The van der Waals surface area contributed by atoms with Gasteiger partial charge in [0.15, 0.2) is 0 Å². The van der Waals surface area contributed by atoms with Gasteiger partial charge in [-0.2, -0.15) is 0 Å². The van der Waals surface area contributed by atoms with Crippen molar-refractivity contribution in [2.45, 2.75) is 44.2 Å². The van der Waals surface area contributed by atoms with E-state index in [2.05, 4.69) is 5.32 Å². The van der Waals surface area contributed by atoms with E-state index >= 15 is 0 Å². The Morgan fingerprint density at radius 2 is 1.97 bits per heavy atom. The number of halogens is 1. The van der Waals surface area contributed by atoms with Crippen molar-refractivity contribution < 1.29 is 18.7 Å². The highest BCUT2D eigenvalue weighted by atomic mass is 19.1. The van der Waals surface area contributed by atoms with E-state index in [9.17, 15) is 14.0 Å². The largest absolute Gasteiger partial charge is 0.446 e.